The smallest absolute Gasteiger partial charge is 0.100 e. The van der Waals surface area contributed by atoms with E-state index >= 15 is 0 Å². The molecule has 50 valence electrons. The summed E-state index contributed by atoms with van der Waals surface area (Å²) in [7, 11) is 0. The molecule has 0 aliphatic rings. The van der Waals surface area contributed by atoms with E-state index in [1.165, 1.54) is 0 Å². The fourth-order valence-electron chi connectivity index (χ4n) is 0.0577. The molecule has 0 aromatic rings. The second-order valence-electron chi connectivity index (χ2n) is 1.02. The summed E-state index contributed by atoms with van der Waals surface area (Å²) < 4.78 is 0. The summed E-state index contributed by atoms with van der Waals surface area (Å²) in [6.45, 7) is -0.729. The van der Waals surface area contributed by atoms with E-state index < -0.39 is 6.10 Å². The summed E-state index contributed by atoms with van der Waals surface area (Å²) in [5.41, 5.74) is 0. The average molecular weight is 806 g/mol. The Morgan fingerprint density at radius 2 is 1.11 bits per heavy atom. The van der Waals surface area contributed by atoms with Gasteiger partial charge in [-0.1, -0.05) is 0 Å². The second kappa shape index (κ2) is 17.2. The first kappa shape index (κ1) is 22.7. The van der Waals surface area contributed by atoms with Gasteiger partial charge in [-0.05, 0) is 0 Å². The third-order valence-corrected chi connectivity index (χ3v) is 0.421. The van der Waals surface area contributed by atoms with E-state index in [9.17, 15) is 0 Å². The molecule has 6 heteroatoms. The molecule has 0 aromatic heterocycles. The second-order valence-corrected chi connectivity index (χ2v) is 1.02. The van der Waals surface area contributed by atoms with Crippen molar-refractivity contribution in [1.82, 2.24) is 0 Å². The first-order chi connectivity index (χ1) is 2.81. The van der Waals surface area contributed by atoms with Crippen molar-refractivity contribution in [2.24, 2.45) is 0 Å². The van der Waals surface area contributed by atoms with Crippen LogP contribution in [0.25, 0.3) is 0 Å². The Morgan fingerprint density at radius 3 is 1.11 bits per heavy atom. The predicted octanol–water partition coefficient (Wildman–Crippen LogP) is -1.67. The van der Waals surface area contributed by atoms with Crippen molar-refractivity contribution in [3.05, 3.63) is 0 Å². The number of aliphatic hydroxyl groups is 3. The minimum atomic E-state index is -0.954. The van der Waals surface area contributed by atoms with Gasteiger partial charge in [0.25, 0.3) is 0 Å². The number of hydrogen-bond donors (Lipinski definition) is 3. The fraction of sp³-hybridized carbons (Fsp3) is 1.00. The van der Waals surface area contributed by atoms with Crippen LogP contribution in [0, 0.1) is 93.3 Å². The summed E-state index contributed by atoms with van der Waals surface area (Å²) in [4.78, 5) is 0. The summed E-state index contributed by atoms with van der Waals surface area (Å²) in [6, 6.07) is 0. The predicted molar refractivity (Wildman–Crippen MR) is 20.2 cm³/mol. The van der Waals surface area contributed by atoms with Crippen LogP contribution in [-0.2, 0) is 0 Å². The molecule has 0 saturated carbocycles. The van der Waals surface area contributed by atoms with Gasteiger partial charge >= 0.3 is 0 Å². The van der Waals surface area contributed by atoms with Gasteiger partial charge in [0.1, 0.15) is 6.10 Å². The average Bonchev–Trinajstić information content (AvgIpc) is 1.65. The Hall–Kier alpha value is 3.04. The Kier molecular flexibility index (Phi) is 43.4. The Bertz CT molecular complexity index is 33.5. The zero-order valence-electron chi connectivity index (χ0n) is 4.83. The van der Waals surface area contributed by atoms with Crippen molar-refractivity contribution >= 4 is 0 Å². The summed E-state index contributed by atoms with van der Waals surface area (Å²) >= 11 is 0. The first-order valence-electron chi connectivity index (χ1n) is 1.71. The number of aliphatic hydroxyl groups excluding tert-OH is 3. The van der Waals surface area contributed by atoms with Gasteiger partial charge in [-0.25, -0.2) is 0 Å². The Balaban J connectivity index is -0.0000000417. The van der Waals surface area contributed by atoms with Crippen LogP contribution in [0.15, 0.2) is 0 Å². The Labute approximate surface area is 125 Å². The van der Waals surface area contributed by atoms with Crippen molar-refractivity contribution in [3.8, 4) is 0 Å². The van der Waals surface area contributed by atoms with Gasteiger partial charge in [-0.15, -0.1) is 0 Å². The topological polar surface area (TPSA) is 60.7 Å². The third kappa shape index (κ3) is 18.2. The minimum Gasteiger partial charge on any atom is -0.394 e. The van der Waals surface area contributed by atoms with Crippen molar-refractivity contribution < 1.29 is 109 Å². The van der Waals surface area contributed by atoms with Crippen LogP contribution < -0.4 is 0 Å². The van der Waals surface area contributed by atoms with Gasteiger partial charge < -0.3 is 15.3 Å². The molecule has 0 radical (unpaired) electrons. The van der Waals surface area contributed by atoms with E-state index in [0.29, 0.717) is 0 Å². The summed E-state index contributed by atoms with van der Waals surface area (Å²) in [5.74, 6) is 0. The van der Waals surface area contributed by atoms with Gasteiger partial charge in [0, 0.05) is 93.3 Å². The molecular formula is C3H8O3U3. The number of rotatable bonds is 2. The maximum Gasteiger partial charge on any atom is 0.100 e. The molecule has 0 fully saturated rings. The van der Waals surface area contributed by atoms with Gasteiger partial charge in [-0.3, -0.25) is 0 Å². The summed E-state index contributed by atoms with van der Waals surface area (Å²) in [6.07, 6.45) is -0.954. The molecule has 0 amide bonds. The molecule has 0 saturated heterocycles. The molecule has 0 aromatic carbocycles. The quantitative estimate of drug-likeness (QED) is 0.314. The number of hydrogen-bond acceptors (Lipinski definition) is 3. The van der Waals surface area contributed by atoms with E-state index in [-0.39, 0.29) is 107 Å². The van der Waals surface area contributed by atoms with Crippen molar-refractivity contribution in [1.29, 1.82) is 0 Å². The molecule has 0 unspecified atom stereocenters. The fourth-order valence-corrected chi connectivity index (χ4v) is 0.0577. The SMILES string of the molecule is OCC(O)CO.[U].[U].[U]. The van der Waals surface area contributed by atoms with E-state index in [1.54, 1.807) is 0 Å². The maximum absolute atomic E-state index is 8.17. The van der Waals surface area contributed by atoms with Crippen LogP contribution in [0.1, 0.15) is 0 Å². The molecule has 0 bridgehead atoms. The molecule has 0 spiro atoms. The normalized spacial score (nSPS) is 6.67. The monoisotopic (exact) mass is 806 g/mol. The molecule has 9 heavy (non-hydrogen) atoms. The maximum atomic E-state index is 8.17. The van der Waals surface area contributed by atoms with Gasteiger partial charge in [-0.2, -0.15) is 0 Å². The first-order valence-corrected chi connectivity index (χ1v) is 1.71. The van der Waals surface area contributed by atoms with Crippen LogP contribution in [0.5, 0.6) is 0 Å². The summed E-state index contributed by atoms with van der Waals surface area (Å²) in [5, 5.41) is 24.0. The Morgan fingerprint density at radius 1 is 0.889 bits per heavy atom. The van der Waals surface area contributed by atoms with E-state index in [1.807, 2.05) is 0 Å². The van der Waals surface area contributed by atoms with Crippen LogP contribution in [0.4, 0.5) is 0 Å². The van der Waals surface area contributed by atoms with Gasteiger partial charge in [0.2, 0.25) is 0 Å². The van der Waals surface area contributed by atoms with Crippen molar-refractivity contribution in [2.75, 3.05) is 13.2 Å². The van der Waals surface area contributed by atoms with Gasteiger partial charge in [0.15, 0.2) is 0 Å². The van der Waals surface area contributed by atoms with Crippen molar-refractivity contribution in [2.45, 2.75) is 6.10 Å². The van der Waals surface area contributed by atoms with Crippen LogP contribution in [0.3, 0.4) is 0 Å². The van der Waals surface area contributed by atoms with E-state index in [2.05, 4.69) is 0 Å². The van der Waals surface area contributed by atoms with Crippen molar-refractivity contribution in [3.63, 3.8) is 0 Å². The third-order valence-electron chi connectivity index (χ3n) is 0.421. The largest absolute Gasteiger partial charge is 0.394 e. The zero-order valence-corrected chi connectivity index (χ0v) is 17.3. The zero-order chi connectivity index (χ0) is 4.99. The minimum absolute atomic E-state index is 0. The van der Waals surface area contributed by atoms with E-state index in [4.69, 9.17) is 15.3 Å². The van der Waals surface area contributed by atoms with Crippen LogP contribution in [0.2, 0.25) is 0 Å². The molecule has 3 nitrogen and oxygen atoms in total. The van der Waals surface area contributed by atoms with Gasteiger partial charge in [0.05, 0.1) is 13.2 Å². The molecule has 0 atom stereocenters. The molecule has 3 N–H and O–H groups in total. The van der Waals surface area contributed by atoms with Crippen LogP contribution in [-0.4, -0.2) is 34.6 Å². The molecule has 0 aliphatic carbocycles. The molecule has 0 heterocycles. The van der Waals surface area contributed by atoms with E-state index in [0.717, 1.165) is 0 Å². The molecular weight excluding hydrogens is 798 g/mol. The van der Waals surface area contributed by atoms with Crippen LogP contribution >= 0.6 is 0 Å². The molecule has 0 aliphatic heterocycles. The molecule has 0 rings (SSSR count). The standard InChI is InChI=1S/C3H8O3.3U/c4-1-3(6)2-5;;;/h3-6H,1-2H2;;;.